The van der Waals surface area contributed by atoms with Gasteiger partial charge >= 0.3 is 13.8 Å². The first-order valence-corrected chi connectivity index (χ1v) is 13.2. The standard InChI is InChI=1S/C23H43O7P/c1-2-3-4-5-6-7-8-9-10-11-12-13-14-15-16-17-18-19-23(25)29-20-22(24)21-30-31(26,27)28/h6-7,16-17,22,24H,2-5,8-15,18-21H2,1H3,(H2,26,27,28)/b7-6+,17-16+. The molecular weight excluding hydrogens is 419 g/mol. The molecule has 0 rings (SSSR count). The van der Waals surface area contributed by atoms with Crippen molar-refractivity contribution in [2.75, 3.05) is 13.2 Å². The lowest BCUT2D eigenvalue weighted by Gasteiger charge is -2.11. The van der Waals surface area contributed by atoms with Crippen LogP contribution in [0.15, 0.2) is 24.3 Å². The molecule has 0 heterocycles. The van der Waals surface area contributed by atoms with E-state index >= 15 is 0 Å². The van der Waals surface area contributed by atoms with Crippen molar-refractivity contribution in [3.63, 3.8) is 0 Å². The molecule has 3 N–H and O–H groups in total. The van der Waals surface area contributed by atoms with Gasteiger partial charge in [0.1, 0.15) is 12.7 Å². The summed E-state index contributed by atoms with van der Waals surface area (Å²) in [7, 11) is -4.63. The zero-order valence-corrected chi connectivity index (χ0v) is 20.0. The molecule has 0 saturated carbocycles. The molecule has 8 heteroatoms. The van der Waals surface area contributed by atoms with Gasteiger partial charge in [-0.3, -0.25) is 9.32 Å². The summed E-state index contributed by atoms with van der Waals surface area (Å²) < 4.78 is 19.5. The number of esters is 1. The highest BCUT2D eigenvalue weighted by Gasteiger charge is 2.17. The van der Waals surface area contributed by atoms with Crippen LogP contribution in [0.4, 0.5) is 0 Å². The van der Waals surface area contributed by atoms with E-state index in [9.17, 15) is 14.5 Å². The molecule has 0 aliphatic rings. The minimum atomic E-state index is -4.63. The Morgan fingerprint density at radius 1 is 0.806 bits per heavy atom. The van der Waals surface area contributed by atoms with E-state index in [2.05, 4.69) is 29.7 Å². The van der Waals surface area contributed by atoms with Crippen LogP contribution in [0.1, 0.15) is 96.8 Å². The fraction of sp³-hybridized carbons (Fsp3) is 0.783. The van der Waals surface area contributed by atoms with E-state index in [0.717, 1.165) is 12.8 Å². The molecule has 182 valence electrons. The Labute approximate surface area is 188 Å². The first-order chi connectivity index (χ1) is 14.8. The third-order valence-corrected chi connectivity index (χ3v) is 5.17. The topological polar surface area (TPSA) is 113 Å². The number of aliphatic hydroxyl groups excluding tert-OH is 1. The first kappa shape index (κ1) is 30.0. The molecule has 0 aromatic rings. The maximum absolute atomic E-state index is 11.5. The Balaban J connectivity index is 3.42. The SMILES string of the molecule is CCCCC/C=C/CCCCCCCC/C=C/CCC(=O)OCC(O)COP(=O)(O)O. The van der Waals surface area contributed by atoms with Gasteiger partial charge in [-0.1, -0.05) is 69.8 Å². The van der Waals surface area contributed by atoms with Gasteiger partial charge in [0, 0.05) is 6.42 Å². The van der Waals surface area contributed by atoms with E-state index in [0.29, 0.717) is 6.42 Å². The summed E-state index contributed by atoms with van der Waals surface area (Å²) in [6.07, 6.45) is 23.1. The largest absolute Gasteiger partial charge is 0.469 e. The first-order valence-electron chi connectivity index (χ1n) is 11.7. The van der Waals surface area contributed by atoms with E-state index < -0.39 is 26.5 Å². The van der Waals surface area contributed by atoms with E-state index in [1.54, 1.807) is 0 Å². The van der Waals surface area contributed by atoms with Gasteiger partial charge in [0.15, 0.2) is 0 Å². The van der Waals surface area contributed by atoms with E-state index in [-0.39, 0.29) is 13.0 Å². The van der Waals surface area contributed by atoms with Crippen molar-refractivity contribution < 1.29 is 33.5 Å². The summed E-state index contributed by atoms with van der Waals surface area (Å²) in [4.78, 5) is 28.6. The number of phosphoric ester groups is 1. The highest BCUT2D eigenvalue weighted by Crippen LogP contribution is 2.35. The molecule has 0 aromatic heterocycles. The molecule has 0 bridgehead atoms. The molecule has 0 amide bonds. The molecule has 0 radical (unpaired) electrons. The molecule has 0 aliphatic heterocycles. The predicted molar refractivity (Wildman–Crippen MR) is 124 cm³/mol. The molecule has 7 nitrogen and oxygen atoms in total. The maximum atomic E-state index is 11.5. The van der Waals surface area contributed by atoms with E-state index in [1.807, 2.05) is 6.08 Å². The second-order valence-corrected chi connectivity index (χ2v) is 9.04. The molecule has 1 atom stereocenters. The number of unbranched alkanes of at least 4 members (excludes halogenated alkanes) is 10. The van der Waals surface area contributed by atoms with Gasteiger partial charge in [0.25, 0.3) is 0 Å². The molecule has 0 aromatic carbocycles. The number of hydrogen-bond acceptors (Lipinski definition) is 5. The zero-order chi connectivity index (χ0) is 23.2. The predicted octanol–water partition coefficient (Wildman–Crippen LogP) is 5.59. The van der Waals surface area contributed by atoms with Crippen molar-refractivity contribution in [2.24, 2.45) is 0 Å². The van der Waals surface area contributed by atoms with Gasteiger partial charge in [0.05, 0.1) is 6.61 Å². The van der Waals surface area contributed by atoms with Gasteiger partial charge in [0.2, 0.25) is 0 Å². The Morgan fingerprint density at radius 3 is 1.81 bits per heavy atom. The van der Waals surface area contributed by atoms with Crippen molar-refractivity contribution in [2.45, 2.75) is 103 Å². The van der Waals surface area contributed by atoms with Crippen molar-refractivity contribution in [1.82, 2.24) is 0 Å². The lowest BCUT2D eigenvalue weighted by molar-refractivity contribution is -0.147. The third kappa shape index (κ3) is 25.2. The summed E-state index contributed by atoms with van der Waals surface area (Å²) in [5.74, 6) is -0.462. The second-order valence-electron chi connectivity index (χ2n) is 7.80. The highest BCUT2D eigenvalue weighted by atomic mass is 31.2. The van der Waals surface area contributed by atoms with Crippen molar-refractivity contribution in [1.29, 1.82) is 0 Å². The van der Waals surface area contributed by atoms with Crippen molar-refractivity contribution >= 4 is 13.8 Å². The number of carbonyl (C=O) groups is 1. The Hall–Kier alpha value is -0.980. The van der Waals surface area contributed by atoms with Crippen LogP contribution in [0.25, 0.3) is 0 Å². The van der Waals surface area contributed by atoms with Crippen molar-refractivity contribution in [3.8, 4) is 0 Å². The minimum absolute atomic E-state index is 0.204. The van der Waals surface area contributed by atoms with E-state index in [1.165, 1.54) is 64.2 Å². The number of ether oxygens (including phenoxy) is 1. The Bertz CT molecular complexity index is 528. The number of aliphatic hydroxyl groups is 1. The average Bonchev–Trinajstić information content (AvgIpc) is 2.72. The van der Waals surface area contributed by atoms with Gasteiger partial charge in [-0.2, -0.15) is 0 Å². The van der Waals surface area contributed by atoms with Crippen LogP contribution in [0.2, 0.25) is 0 Å². The monoisotopic (exact) mass is 462 g/mol. The fourth-order valence-electron chi connectivity index (χ4n) is 2.91. The lowest BCUT2D eigenvalue weighted by atomic mass is 10.1. The number of carbonyl (C=O) groups excluding carboxylic acids is 1. The van der Waals surface area contributed by atoms with Gasteiger partial charge in [-0.05, 0) is 44.9 Å². The Kier molecular flexibility index (Phi) is 20.2. The number of rotatable bonds is 21. The van der Waals surface area contributed by atoms with Crippen LogP contribution < -0.4 is 0 Å². The molecule has 0 fully saturated rings. The maximum Gasteiger partial charge on any atom is 0.469 e. The Morgan fingerprint density at radius 2 is 1.29 bits per heavy atom. The van der Waals surface area contributed by atoms with E-state index in [4.69, 9.17) is 14.5 Å². The van der Waals surface area contributed by atoms with Gasteiger partial charge in [-0.15, -0.1) is 0 Å². The van der Waals surface area contributed by atoms with Crippen LogP contribution in [0.5, 0.6) is 0 Å². The smallest absolute Gasteiger partial charge is 0.463 e. The number of allylic oxidation sites excluding steroid dienone is 4. The third-order valence-electron chi connectivity index (χ3n) is 4.69. The molecule has 1 unspecified atom stereocenters. The molecular formula is C23H43O7P. The lowest BCUT2D eigenvalue weighted by Crippen LogP contribution is -2.23. The summed E-state index contributed by atoms with van der Waals surface area (Å²) in [5.41, 5.74) is 0. The van der Waals surface area contributed by atoms with Gasteiger partial charge in [-0.25, -0.2) is 4.57 Å². The van der Waals surface area contributed by atoms with Crippen LogP contribution in [-0.4, -0.2) is 40.2 Å². The van der Waals surface area contributed by atoms with Crippen LogP contribution in [-0.2, 0) is 18.6 Å². The summed E-state index contributed by atoms with van der Waals surface area (Å²) >= 11 is 0. The molecule has 31 heavy (non-hydrogen) atoms. The summed E-state index contributed by atoms with van der Waals surface area (Å²) in [5, 5.41) is 9.42. The zero-order valence-electron chi connectivity index (χ0n) is 19.1. The molecule has 0 spiro atoms. The minimum Gasteiger partial charge on any atom is -0.463 e. The highest BCUT2D eigenvalue weighted by molar-refractivity contribution is 7.46. The van der Waals surface area contributed by atoms with Crippen LogP contribution >= 0.6 is 7.82 Å². The summed E-state index contributed by atoms with van der Waals surface area (Å²) in [6.45, 7) is 1.29. The average molecular weight is 463 g/mol. The molecule has 0 saturated heterocycles. The summed E-state index contributed by atoms with van der Waals surface area (Å²) in [6, 6.07) is 0. The van der Waals surface area contributed by atoms with Crippen LogP contribution in [0.3, 0.4) is 0 Å². The molecule has 0 aliphatic carbocycles. The quantitative estimate of drug-likeness (QED) is 0.0881. The number of phosphoric acid groups is 1. The number of hydrogen-bond donors (Lipinski definition) is 3. The van der Waals surface area contributed by atoms with Crippen LogP contribution in [0, 0.1) is 0 Å². The second kappa shape index (κ2) is 20.9. The normalized spacial score (nSPS) is 13.3. The fourth-order valence-corrected chi connectivity index (χ4v) is 3.28. The van der Waals surface area contributed by atoms with Gasteiger partial charge < -0.3 is 19.6 Å². The van der Waals surface area contributed by atoms with Crippen molar-refractivity contribution in [3.05, 3.63) is 24.3 Å².